The van der Waals surface area contributed by atoms with Gasteiger partial charge in [0.15, 0.2) is 6.10 Å². The van der Waals surface area contributed by atoms with Crippen LogP contribution in [0.4, 0.5) is 4.79 Å². The number of ether oxygens (including phenoxy) is 3. The molecule has 0 aromatic heterocycles. The van der Waals surface area contributed by atoms with Gasteiger partial charge in [-0.25, -0.2) is 4.79 Å². The Morgan fingerprint density at radius 2 is 1.43 bits per heavy atom. The van der Waals surface area contributed by atoms with E-state index in [1.807, 2.05) is 58.9 Å². The van der Waals surface area contributed by atoms with E-state index in [-0.39, 0.29) is 75.0 Å². The number of carbonyl (C=O) groups excluding carboxylic acids is 2. The Morgan fingerprint density at radius 1 is 1.00 bits per heavy atom. The summed E-state index contributed by atoms with van der Waals surface area (Å²) in [5, 5.41) is 11.9. The number of amides is 1. The molecule has 2 N–H and O–H groups in total. The van der Waals surface area contributed by atoms with Crippen molar-refractivity contribution in [2.24, 2.45) is 0 Å². The first kappa shape index (κ1) is 35.9. The zero-order valence-electron chi connectivity index (χ0n) is 21.4. The van der Waals surface area contributed by atoms with Crippen LogP contribution in [0.1, 0.15) is 42.5 Å². The van der Waals surface area contributed by atoms with Gasteiger partial charge < -0.3 is 29.4 Å². The number of nitrogens with one attached hydrogen (secondary N) is 1. The number of aryl methyl sites for hydroxylation is 4. The Hall–Kier alpha value is -1.23. The number of hydrogen-bond acceptors (Lipinski definition) is 6. The summed E-state index contributed by atoms with van der Waals surface area (Å²) in [5.74, 6) is 1.66. The standard InChI is InChI=1S/C12H15NO3.C12H18O2.C2H3O.HI.Y/c1-8-3-9(2)5-10(4-8)15-7-11-6-13-12(14)16-11;1-4-11(13)8-14-12-6-9(2)5-10(3)7-12;1-2-3;;/h3-5,11H,6-7H2,1-2H3,(H,13,14);5-7,11,13H,4,8H2,1-3H3;1H3;1H;/q;;-1;;. The fourth-order valence-electron chi connectivity index (χ4n) is 3.06. The second-order valence-corrected chi connectivity index (χ2v) is 7.94. The molecule has 1 aliphatic heterocycles. The molecule has 0 bridgehead atoms. The van der Waals surface area contributed by atoms with Crippen LogP contribution in [0.2, 0.25) is 0 Å². The van der Waals surface area contributed by atoms with Crippen LogP contribution in [-0.2, 0) is 42.2 Å². The number of halogens is 1. The van der Waals surface area contributed by atoms with Gasteiger partial charge in [0.05, 0.1) is 12.6 Å². The summed E-state index contributed by atoms with van der Waals surface area (Å²) in [5.41, 5.74) is 4.70. The molecule has 0 aliphatic carbocycles. The van der Waals surface area contributed by atoms with Crippen molar-refractivity contribution in [3.63, 3.8) is 0 Å². The maximum atomic E-state index is 10.8. The summed E-state index contributed by atoms with van der Waals surface area (Å²) in [4.78, 5) is 19.5. The minimum Gasteiger partial charge on any atom is -0.542 e. The third-order valence-electron chi connectivity index (χ3n) is 4.49. The summed E-state index contributed by atoms with van der Waals surface area (Å²) in [6.45, 7) is 12.7. The molecule has 1 heterocycles. The van der Waals surface area contributed by atoms with Gasteiger partial charge >= 0.3 is 6.09 Å². The largest absolute Gasteiger partial charge is 0.542 e. The van der Waals surface area contributed by atoms with E-state index < -0.39 is 0 Å². The molecule has 0 saturated carbocycles. The van der Waals surface area contributed by atoms with Crippen LogP contribution in [0.5, 0.6) is 11.5 Å². The summed E-state index contributed by atoms with van der Waals surface area (Å²) in [6, 6.07) is 12.1. The van der Waals surface area contributed by atoms with Crippen molar-refractivity contribution in [2.45, 2.75) is 60.2 Å². The SMILES string of the molecule is CCC(O)COc1cc(C)cc(C)c1.C[C-]=O.Cc1cc(C)cc(OCC2CNC(=O)O2)c1.I.[Y]. The number of aliphatic hydroxyl groups excluding tert-OH is 1. The second-order valence-electron chi connectivity index (χ2n) is 7.94. The zero-order chi connectivity index (χ0) is 24.8. The van der Waals surface area contributed by atoms with Crippen LogP contribution in [0.25, 0.3) is 0 Å². The molecule has 2 unspecified atom stereocenters. The number of hydrogen-bond donors (Lipinski definition) is 2. The first-order valence-electron chi connectivity index (χ1n) is 11.0. The fraction of sp³-hybridized carbons (Fsp3) is 0.462. The van der Waals surface area contributed by atoms with E-state index in [9.17, 15) is 9.90 Å². The Balaban J connectivity index is 0. The molecule has 2 atom stereocenters. The van der Waals surface area contributed by atoms with Crippen LogP contribution >= 0.6 is 24.0 Å². The number of aliphatic hydroxyl groups is 1. The van der Waals surface area contributed by atoms with Gasteiger partial charge in [0.2, 0.25) is 0 Å². The smallest absolute Gasteiger partial charge is 0.407 e. The van der Waals surface area contributed by atoms with E-state index in [1.165, 1.54) is 24.3 Å². The van der Waals surface area contributed by atoms with Crippen LogP contribution in [0.3, 0.4) is 0 Å². The fourth-order valence-corrected chi connectivity index (χ4v) is 3.06. The minimum absolute atomic E-state index is 0. The van der Waals surface area contributed by atoms with Crippen LogP contribution in [0.15, 0.2) is 36.4 Å². The van der Waals surface area contributed by atoms with Crippen molar-refractivity contribution in [1.29, 1.82) is 0 Å². The first-order chi connectivity index (χ1) is 15.7. The van der Waals surface area contributed by atoms with Crippen molar-refractivity contribution in [2.75, 3.05) is 19.8 Å². The Kier molecular flexibility index (Phi) is 20.4. The molecule has 193 valence electrons. The van der Waals surface area contributed by atoms with Gasteiger partial charge in [-0.3, -0.25) is 6.29 Å². The third kappa shape index (κ3) is 16.2. The van der Waals surface area contributed by atoms with Gasteiger partial charge in [-0.15, -0.1) is 24.0 Å². The van der Waals surface area contributed by atoms with Crippen molar-refractivity contribution in [3.8, 4) is 11.5 Å². The van der Waals surface area contributed by atoms with Crippen molar-refractivity contribution >= 4 is 36.4 Å². The molecule has 7 nitrogen and oxygen atoms in total. The number of carbonyl (C=O) groups is 1. The Morgan fingerprint density at radius 3 is 1.80 bits per heavy atom. The molecule has 3 rings (SSSR count). The number of alkyl carbamates (subject to hydrolysis) is 1. The van der Waals surface area contributed by atoms with Crippen molar-refractivity contribution < 1.29 is 61.6 Å². The normalized spacial score (nSPS) is 14.1. The number of rotatable bonds is 7. The zero-order valence-corrected chi connectivity index (χ0v) is 26.6. The molecular formula is C26H37INO6Y-. The molecule has 1 radical (unpaired) electrons. The second kappa shape index (κ2) is 19.9. The molecule has 1 aliphatic rings. The molecular weight excluding hydrogens is 638 g/mol. The van der Waals surface area contributed by atoms with Crippen LogP contribution < -0.4 is 14.8 Å². The molecule has 1 fully saturated rings. The van der Waals surface area contributed by atoms with E-state index in [4.69, 9.17) is 19.0 Å². The molecule has 35 heavy (non-hydrogen) atoms. The topological polar surface area (TPSA) is 94.1 Å². The summed E-state index contributed by atoms with van der Waals surface area (Å²) in [7, 11) is 0. The average molecular weight is 675 g/mol. The molecule has 0 spiro atoms. The molecule has 2 aromatic rings. The molecule has 9 heteroatoms. The monoisotopic (exact) mass is 675 g/mol. The van der Waals surface area contributed by atoms with Gasteiger partial charge in [0.25, 0.3) is 0 Å². The van der Waals surface area contributed by atoms with Gasteiger partial charge in [-0.05, 0) is 80.6 Å². The van der Waals surface area contributed by atoms with Crippen molar-refractivity contribution in [1.82, 2.24) is 5.32 Å². The summed E-state index contributed by atoms with van der Waals surface area (Å²) in [6.07, 6.45) is 1.31. The van der Waals surface area contributed by atoms with E-state index in [0.29, 0.717) is 19.8 Å². The molecule has 2 aromatic carbocycles. The summed E-state index contributed by atoms with van der Waals surface area (Å²) < 4.78 is 16.0. The maximum Gasteiger partial charge on any atom is 0.407 e. The number of cyclic esters (lactones) is 1. The minimum atomic E-state index is -0.367. The van der Waals surface area contributed by atoms with E-state index in [1.54, 1.807) is 0 Å². The third-order valence-corrected chi connectivity index (χ3v) is 4.49. The van der Waals surface area contributed by atoms with Crippen LogP contribution in [0, 0.1) is 27.7 Å². The Labute approximate surface area is 251 Å². The van der Waals surface area contributed by atoms with E-state index in [0.717, 1.165) is 29.0 Å². The number of benzene rings is 2. The van der Waals surface area contributed by atoms with E-state index in [2.05, 4.69) is 17.4 Å². The van der Waals surface area contributed by atoms with Gasteiger partial charge in [-0.2, -0.15) is 6.92 Å². The average Bonchev–Trinajstić information content (AvgIpc) is 3.15. The van der Waals surface area contributed by atoms with E-state index >= 15 is 0 Å². The quantitative estimate of drug-likeness (QED) is 0.318. The predicted molar refractivity (Wildman–Crippen MR) is 144 cm³/mol. The van der Waals surface area contributed by atoms with Crippen LogP contribution in [-0.4, -0.2) is 49.5 Å². The molecule has 1 saturated heterocycles. The van der Waals surface area contributed by atoms with Gasteiger partial charge in [0.1, 0.15) is 24.7 Å². The first-order valence-corrected chi connectivity index (χ1v) is 11.0. The molecule has 1 amide bonds. The maximum absolute atomic E-state index is 10.8. The van der Waals surface area contributed by atoms with Gasteiger partial charge in [-0.1, -0.05) is 19.1 Å². The van der Waals surface area contributed by atoms with Gasteiger partial charge in [0, 0.05) is 32.7 Å². The summed E-state index contributed by atoms with van der Waals surface area (Å²) >= 11 is 0. The predicted octanol–water partition coefficient (Wildman–Crippen LogP) is 4.98. The van der Waals surface area contributed by atoms with Crippen molar-refractivity contribution in [3.05, 3.63) is 58.7 Å². The Bertz CT molecular complexity index is 856.